The van der Waals surface area contributed by atoms with Gasteiger partial charge in [0, 0.05) is 24.2 Å². The number of ether oxygens (including phenoxy) is 1. The number of aryl methyl sites for hydroxylation is 1. The zero-order valence-electron chi connectivity index (χ0n) is 37.4. The van der Waals surface area contributed by atoms with E-state index >= 15 is 0 Å². The Morgan fingerprint density at radius 2 is 1.28 bits per heavy atom. The molecule has 328 valence electrons. The smallest absolute Gasteiger partial charge is 0.449 e. The normalized spacial score (nSPS) is 13.6. The Kier molecular flexibility index (Phi) is 15.1. The van der Waals surface area contributed by atoms with E-state index in [1.165, 1.54) is 21.9 Å². The van der Waals surface area contributed by atoms with Gasteiger partial charge in [-0.3, -0.25) is 0 Å². The predicted octanol–water partition coefficient (Wildman–Crippen LogP) is 17.3. The number of hydrogen-bond acceptors (Lipinski definition) is 6. The van der Waals surface area contributed by atoms with E-state index in [0.29, 0.717) is 46.8 Å². The average Bonchev–Trinajstić information content (AvgIpc) is 3.56. The van der Waals surface area contributed by atoms with E-state index in [0.717, 1.165) is 52.5 Å². The van der Waals surface area contributed by atoms with E-state index < -0.39 is 17.0 Å². The van der Waals surface area contributed by atoms with Crippen LogP contribution in [0.25, 0.3) is 33.7 Å². The summed E-state index contributed by atoms with van der Waals surface area (Å²) in [5.41, 5.74) is 5.62. The highest BCUT2D eigenvalue weighted by atomic mass is 31.2. The van der Waals surface area contributed by atoms with Crippen LogP contribution in [0.4, 0.5) is 0 Å². The van der Waals surface area contributed by atoms with Crippen molar-refractivity contribution in [3.05, 3.63) is 216 Å². The molecule has 0 saturated heterocycles. The molecule has 0 radical (unpaired) electrons. The third kappa shape index (κ3) is 12.2. The van der Waals surface area contributed by atoms with E-state index in [9.17, 15) is 0 Å². The SMILES string of the molecule is C=CCC/C=C(\C=C/C(C)C)OP(Oc1ccc2ccccc2c1)Oc1cccc2c1Oc1c(cccc1OP(C)Oc1ccc3c(c1)C=CCC=C3)C2.Cc1ccc2ccccc2c1. The molecule has 0 spiro atoms. The molecule has 1 aliphatic heterocycles. The van der Waals surface area contributed by atoms with Gasteiger partial charge in [0.05, 0.1) is 0 Å². The minimum absolute atomic E-state index is 0.336. The topological polar surface area (TPSA) is 55.4 Å². The van der Waals surface area contributed by atoms with Crippen LogP contribution in [0.3, 0.4) is 0 Å². The van der Waals surface area contributed by atoms with Gasteiger partial charge < -0.3 is 27.4 Å². The Balaban J connectivity index is 0.000000454. The zero-order valence-corrected chi connectivity index (χ0v) is 39.1. The summed E-state index contributed by atoms with van der Waals surface area (Å²) in [5, 5.41) is 4.83. The maximum Gasteiger partial charge on any atom is 0.530 e. The molecule has 9 rings (SSSR count). The van der Waals surface area contributed by atoms with Gasteiger partial charge in [0.15, 0.2) is 23.0 Å². The van der Waals surface area contributed by atoms with Gasteiger partial charge in [0.25, 0.3) is 8.38 Å². The molecule has 2 aliphatic rings. The van der Waals surface area contributed by atoms with Gasteiger partial charge >= 0.3 is 8.60 Å². The highest BCUT2D eigenvalue weighted by Gasteiger charge is 2.29. The van der Waals surface area contributed by atoms with Crippen molar-refractivity contribution in [3.63, 3.8) is 0 Å². The number of rotatable bonds is 15. The van der Waals surface area contributed by atoms with Crippen LogP contribution in [-0.2, 0) is 10.9 Å². The molecule has 0 amide bonds. The van der Waals surface area contributed by atoms with Gasteiger partial charge in [-0.2, -0.15) is 0 Å². The Morgan fingerprint density at radius 1 is 0.646 bits per heavy atom. The first kappa shape index (κ1) is 45.0. The fraction of sp³-hybridized carbons (Fsp3) is 0.158. The van der Waals surface area contributed by atoms with Crippen LogP contribution < -0.4 is 22.8 Å². The van der Waals surface area contributed by atoms with E-state index in [4.69, 9.17) is 27.4 Å². The summed E-state index contributed by atoms with van der Waals surface area (Å²) >= 11 is 0. The third-order valence-electron chi connectivity index (χ3n) is 10.6. The molecule has 0 aromatic heterocycles. The second-order valence-corrected chi connectivity index (χ2v) is 18.4. The number of para-hydroxylation sites is 2. The van der Waals surface area contributed by atoms with Crippen molar-refractivity contribution in [1.29, 1.82) is 0 Å². The largest absolute Gasteiger partial charge is 0.530 e. The molecule has 0 bridgehead atoms. The van der Waals surface area contributed by atoms with Crippen molar-refractivity contribution in [2.24, 2.45) is 5.92 Å². The van der Waals surface area contributed by atoms with E-state index in [1.807, 2.05) is 85.6 Å². The van der Waals surface area contributed by atoms with Crippen LogP contribution in [-0.4, -0.2) is 6.66 Å². The van der Waals surface area contributed by atoms with Crippen LogP contribution in [0.15, 0.2) is 188 Å². The fourth-order valence-corrected chi connectivity index (χ4v) is 9.25. The minimum Gasteiger partial charge on any atom is -0.449 e. The standard InChI is InChI=1S/C46H44O6P2.C11H10/c1-5-6-8-21-40(27-24-33(2)3)49-54(50-42-29-26-35-16-11-12-18-37(35)32-42)52-44-23-14-20-39-30-38-19-13-22-43(45(38)47-46(39)44)51-53(4)48-41-28-25-34-15-9-7-10-17-36(34)31-41;1-9-6-7-10-4-2-3-5-11(10)8-9/h5,9-29,31-33H,1,6-8,30H2,2-4H3;2-8H,1H3/b27-24-,40-21+;. The summed E-state index contributed by atoms with van der Waals surface area (Å²) in [6.45, 7) is 12.2. The second-order valence-electron chi connectivity index (χ2n) is 16.2. The maximum absolute atomic E-state index is 6.70. The summed E-state index contributed by atoms with van der Waals surface area (Å²) in [4.78, 5) is 0. The molecule has 0 N–H and O–H groups in total. The molecule has 8 heteroatoms. The lowest BCUT2D eigenvalue weighted by Gasteiger charge is -2.26. The number of benzene rings is 7. The first-order valence-electron chi connectivity index (χ1n) is 22.0. The molecule has 2 unspecified atom stereocenters. The average molecular weight is 897 g/mol. The maximum atomic E-state index is 6.70. The minimum atomic E-state index is -1.98. The molecular weight excluding hydrogens is 843 g/mol. The van der Waals surface area contributed by atoms with Gasteiger partial charge in [-0.1, -0.05) is 159 Å². The highest BCUT2D eigenvalue weighted by molar-refractivity contribution is 7.47. The van der Waals surface area contributed by atoms with Gasteiger partial charge in [0.2, 0.25) is 0 Å². The summed E-state index contributed by atoms with van der Waals surface area (Å²) in [5.74, 6) is 4.76. The Morgan fingerprint density at radius 3 is 1.98 bits per heavy atom. The van der Waals surface area contributed by atoms with Crippen molar-refractivity contribution < 1.29 is 27.4 Å². The van der Waals surface area contributed by atoms with E-state index in [1.54, 1.807) is 0 Å². The van der Waals surface area contributed by atoms with Crippen LogP contribution in [0.2, 0.25) is 0 Å². The summed E-state index contributed by atoms with van der Waals surface area (Å²) in [6.07, 6.45) is 19.8. The van der Waals surface area contributed by atoms with Crippen LogP contribution in [0.5, 0.6) is 34.5 Å². The van der Waals surface area contributed by atoms with Crippen molar-refractivity contribution in [3.8, 4) is 34.5 Å². The first-order valence-corrected chi connectivity index (χ1v) is 24.8. The number of unbranched alkanes of at least 4 members (excludes halogenated alkanes) is 1. The fourth-order valence-electron chi connectivity index (χ4n) is 7.37. The van der Waals surface area contributed by atoms with Gasteiger partial charge in [-0.25, -0.2) is 0 Å². The van der Waals surface area contributed by atoms with E-state index in [2.05, 4.69) is 137 Å². The molecule has 1 aliphatic carbocycles. The lowest BCUT2D eigenvalue weighted by Crippen LogP contribution is -2.07. The molecule has 2 atom stereocenters. The monoisotopic (exact) mass is 896 g/mol. The molecule has 1 heterocycles. The lowest BCUT2D eigenvalue weighted by molar-refractivity contribution is 0.329. The quantitative estimate of drug-likeness (QED) is 0.0336. The van der Waals surface area contributed by atoms with Crippen molar-refractivity contribution in [2.45, 2.75) is 46.5 Å². The Bertz CT molecular complexity index is 2890. The second kappa shape index (κ2) is 21.9. The van der Waals surface area contributed by atoms with Crippen molar-refractivity contribution in [2.75, 3.05) is 6.66 Å². The van der Waals surface area contributed by atoms with Crippen molar-refractivity contribution in [1.82, 2.24) is 0 Å². The molecular formula is C57H54O6P2. The van der Waals surface area contributed by atoms with Gasteiger partial charge in [0.1, 0.15) is 17.3 Å². The molecule has 7 aromatic rings. The summed E-state index contributed by atoms with van der Waals surface area (Å²) in [6, 6.07) is 47.1. The Hall–Kier alpha value is -6.58. The molecule has 65 heavy (non-hydrogen) atoms. The zero-order chi connectivity index (χ0) is 45.0. The number of hydrogen-bond donors (Lipinski definition) is 0. The lowest BCUT2D eigenvalue weighted by atomic mass is 10.00. The molecule has 6 nitrogen and oxygen atoms in total. The summed E-state index contributed by atoms with van der Waals surface area (Å²) in [7, 11) is -3.31. The first-order chi connectivity index (χ1) is 31.8. The highest BCUT2D eigenvalue weighted by Crippen LogP contribution is 2.53. The van der Waals surface area contributed by atoms with Crippen LogP contribution >= 0.6 is 17.0 Å². The molecule has 0 fully saturated rings. The summed E-state index contributed by atoms with van der Waals surface area (Å²) < 4.78 is 39.2. The van der Waals surface area contributed by atoms with Crippen LogP contribution in [0, 0.1) is 12.8 Å². The molecule has 0 saturated carbocycles. The predicted molar refractivity (Wildman–Crippen MR) is 272 cm³/mol. The number of allylic oxidation sites excluding steroid dienone is 6. The Labute approximate surface area is 386 Å². The van der Waals surface area contributed by atoms with Crippen molar-refractivity contribution >= 4 is 50.7 Å². The van der Waals surface area contributed by atoms with Crippen LogP contribution in [0.1, 0.15) is 60.9 Å². The third-order valence-corrected chi connectivity index (χ3v) is 12.6. The van der Waals surface area contributed by atoms with Gasteiger partial charge in [-0.05, 0) is 113 Å². The van der Waals surface area contributed by atoms with E-state index in [-0.39, 0.29) is 0 Å². The molecule has 7 aromatic carbocycles. The van der Waals surface area contributed by atoms with Gasteiger partial charge in [-0.15, -0.1) is 6.58 Å². The number of fused-ring (bicyclic) bond motifs is 5.